The molecule has 3 nitrogen and oxygen atoms in total. The molecule has 1 unspecified atom stereocenters. The number of hydrogen-bond acceptors (Lipinski definition) is 3. The summed E-state index contributed by atoms with van der Waals surface area (Å²) in [5, 5.41) is 3.50. The number of anilines is 1. The van der Waals surface area contributed by atoms with Gasteiger partial charge in [0, 0.05) is 17.6 Å². The number of piperidine rings is 1. The Hall–Kier alpha value is -0.610. The fourth-order valence-corrected chi connectivity index (χ4v) is 2.89. The lowest BCUT2D eigenvalue weighted by Crippen LogP contribution is -2.39. The van der Waals surface area contributed by atoms with E-state index >= 15 is 0 Å². The van der Waals surface area contributed by atoms with E-state index in [0.29, 0.717) is 0 Å². The van der Waals surface area contributed by atoms with Crippen LogP contribution in [0.2, 0.25) is 0 Å². The zero-order valence-corrected chi connectivity index (χ0v) is 13.5. The molecule has 19 heavy (non-hydrogen) atoms. The Morgan fingerprint density at radius 2 is 2.32 bits per heavy atom. The van der Waals surface area contributed by atoms with Crippen molar-refractivity contribution in [2.24, 2.45) is 5.92 Å². The van der Waals surface area contributed by atoms with Crippen molar-refractivity contribution in [2.75, 3.05) is 31.1 Å². The Morgan fingerprint density at radius 3 is 2.95 bits per heavy atom. The van der Waals surface area contributed by atoms with E-state index in [0.717, 1.165) is 48.0 Å². The summed E-state index contributed by atoms with van der Waals surface area (Å²) in [4.78, 5) is 7.16. The Kier molecular flexibility index (Phi) is 5.64. The monoisotopic (exact) mass is 325 g/mol. The highest BCUT2D eigenvalue weighted by Gasteiger charge is 2.18. The van der Waals surface area contributed by atoms with Gasteiger partial charge >= 0.3 is 0 Å². The molecule has 1 aliphatic heterocycles. The Bertz CT molecular complexity index is 402. The average molecular weight is 326 g/mol. The summed E-state index contributed by atoms with van der Waals surface area (Å²) in [6.45, 7) is 8.83. The van der Waals surface area contributed by atoms with Crippen molar-refractivity contribution >= 4 is 21.7 Å². The molecule has 1 aromatic rings. The molecule has 0 radical (unpaired) electrons. The largest absolute Gasteiger partial charge is 0.356 e. The van der Waals surface area contributed by atoms with Crippen molar-refractivity contribution in [3.8, 4) is 0 Å². The molecular weight excluding hydrogens is 302 g/mol. The quantitative estimate of drug-likeness (QED) is 0.899. The molecule has 106 valence electrons. The Balaban J connectivity index is 2.07. The van der Waals surface area contributed by atoms with Gasteiger partial charge in [-0.1, -0.05) is 6.92 Å². The van der Waals surface area contributed by atoms with Gasteiger partial charge in [0.25, 0.3) is 0 Å². The van der Waals surface area contributed by atoms with Crippen LogP contribution < -0.4 is 10.2 Å². The van der Waals surface area contributed by atoms with E-state index in [1.54, 1.807) is 0 Å². The lowest BCUT2D eigenvalue weighted by molar-refractivity contribution is 0.376. The minimum absolute atomic E-state index is 0.756. The van der Waals surface area contributed by atoms with Crippen LogP contribution in [0.3, 0.4) is 0 Å². The lowest BCUT2D eigenvalue weighted by Gasteiger charge is -2.31. The molecule has 1 saturated heterocycles. The predicted molar refractivity (Wildman–Crippen MR) is 84.8 cm³/mol. The van der Waals surface area contributed by atoms with Gasteiger partial charge in [-0.2, -0.15) is 0 Å². The number of hydrogen-bond donors (Lipinski definition) is 1. The van der Waals surface area contributed by atoms with Gasteiger partial charge in [-0.15, -0.1) is 0 Å². The third-order valence-electron chi connectivity index (χ3n) is 3.70. The molecule has 2 heterocycles. The molecular formula is C15H24BrN3. The summed E-state index contributed by atoms with van der Waals surface area (Å²) in [6.07, 6.45) is 3.80. The first-order valence-electron chi connectivity index (χ1n) is 7.29. The highest BCUT2D eigenvalue weighted by atomic mass is 79.9. The molecule has 1 N–H and O–H groups in total. The van der Waals surface area contributed by atoms with Gasteiger partial charge in [0.2, 0.25) is 0 Å². The smallest absolute Gasteiger partial charge is 0.128 e. The summed E-state index contributed by atoms with van der Waals surface area (Å²) >= 11 is 3.52. The van der Waals surface area contributed by atoms with Crippen LogP contribution in [0.5, 0.6) is 0 Å². The summed E-state index contributed by atoms with van der Waals surface area (Å²) < 4.78 is 1.09. The maximum atomic E-state index is 4.72. The Labute approximate surface area is 124 Å². The molecule has 0 aliphatic carbocycles. The van der Waals surface area contributed by atoms with Crippen LogP contribution in [0.15, 0.2) is 16.6 Å². The molecule has 1 aromatic heterocycles. The van der Waals surface area contributed by atoms with Gasteiger partial charge in [-0.05, 0) is 73.3 Å². The average Bonchev–Trinajstić information content (AvgIpc) is 2.43. The van der Waals surface area contributed by atoms with Crippen LogP contribution in [-0.4, -0.2) is 31.2 Å². The molecule has 1 fully saturated rings. The first-order valence-corrected chi connectivity index (χ1v) is 8.08. The van der Waals surface area contributed by atoms with Crippen molar-refractivity contribution in [2.45, 2.75) is 33.1 Å². The predicted octanol–water partition coefficient (Wildman–Crippen LogP) is 3.37. The van der Waals surface area contributed by atoms with Crippen LogP contribution in [0, 0.1) is 12.8 Å². The second-order valence-electron chi connectivity index (χ2n) is 5.40. The minimum Gasteiger partial charge on any atom is -0.356 e. The third-order valence-corrected chi connectivity index (χ3v) is 4.54. The second kappa shape index (κ2) is 7.25. The van der Waals surface area contributed by atoms with Crippen LogP contribution in [0.25, 0.3) is 0 Å². The molecule has 0 bridgehead atoms. The SMILES string of the molecule is CCCN(CC1CCCNC1)c1ccc(Br)c(C)n1. The number of pyridine rings is 1. The number of aromatic nitrogens is 1. The zero-order valence-electron chi connectivity index (χ0n) is 12.0. The van der Waals surface area contributed by atoms with Crippen molar-refractivity contribution < 1.29 is 0 Å². The minimum atomic E-state index is 0.756. The topological polar surface area (TPSA) is 28.2 Å². The van der Waals surface area contributed by atoms with Gasteiger partial charge in [-0.25, -0.2) is 4.98 Å². The molecule has 0 aromatic carbocycles. The maximum absolute atomic E-state index is 4.72. The van der Waals surface area contributed by atoms with E-state index in [-0.39, 0.29) is 0 Å². The number of rotatable bonds is 5. The van der Waals surface area contributed by atoms with Gasteiger partial charge < -0.3 is 10.2 Å². The normalized spacial score (nSPS) is 19.4. The van der Waals surface area contributed by atoms with E-state index in [1.807, 2.05) is 0 Å². The highest BCUT2D eigenvalue weighted by Crippen LogP contribution is 2.21. The standard InChI is InChI=1S/C15H24BrN3/c1-3-9-19(11-13-5-4-8-17-10-13)15-7-6-14(16)12(2)18-15/h6-7,13,17H,3-5,8-11H2,1-2H3. The molecule has 0 spiro atoms. The molecule has 1 aliphatic rings. The van der Waals surface area contributed by atoms with Gasteiger partial charge in [0.1, 0.15) is 5.82 Å². The van der Waals surface area contributed by atoms with E-state index in [9.17, 15) is 0 Å². The first-order chi connectivity index (χ1) is 9.20. The van der Waals surface area contributed by atoms with E-state index in [1.165, 1.54) is 19.4 Å². The van der Waals surface area contributed by atoms with Crippen LogP contribution in [0.1, 0.15) is 31.9 Å². The van der Waals surface area contributed by atoms with Crippen molar-refractivity contribution in [3.05, 3.63) is 22.3 Å². The van der Waals surface area contributed by atoms with Crippen molar-refractivity contribution in [1.82, 2.24) is 10.3 Å². The summed E-state index contributed by atoms with van der Waals surface area (Å²) in [5.74, 6) is 1.87. The maximum Gasteiger partial charge on any atom is 0.128 e. The van der Waals surface area contributed by atoms with Crippen LogP contribution in [0.4, 0.5) is 5.82 Å². The van der Waals surface area contributed by atoms with E-state index < -0.39 is 0 Å². The van der Waals surface area contributed by atoms with Gasteiger partial charge in [0.15, 0.2) is 0 Å². The summed E-state index contributed by atoms with van der Waals surface area (Å²) in [6, 6.07) is 4.24. The van der Waals surface area contributed by atoms with E-state index in [4.69, 9.17) is 4.98 Å². The van der Waals surface area contributed by atoms with E-state index in [2.05, 4.69) is 52.1 Å². The third kappa shape index (κ3) is 4.18. The highest BCUT2D eigenvalue weighted by molar-refractivity contribution is 9.10. The zero-order chi connectivity index (χ0) is 13.7. The lowest BCUT2D eigenvalue weighted by atomic mass is 9.99. The number of halogens is 1. The molecule has 2 rings (SSSR count). The van der Waals surface area contributed by atoms with Crippen molar-refractivity contribution in [1.29, 1.82) is 0 Å². The summed E-state index contributed by atoms with van der Waals surface area (Å²) in [5.41, 5.74) is 1.07. The molecule has 1 atom stereocenters. The van der Waals surface area contributed by atoms with Crippen LogP contribution >= 0.6 is 15.9 Å². The fourth-order valence-electron chi connectivity index (χ4n) is 2.67. The van der Waals surface area contributed by atoms with Crippen molar-refractivity contribution in [3.63, 3.8) is 0 Å². The number of nitrogens with one attached hydrogen (secondary N) is 1. The number of nitrogens with zero attached hydrogens (tertiary/aromatic N) is 2. The fraction of sp³-hybridized carbons (Fsp3) is 0.667. The molecule has 4 heteroatoms. The van der Waals surface area contributed by atoms with Crippen LogP contribution in [-0.2, 0) is 0 Å². The first kappa shape index (κ1) is 14.8. The second-order valence-corrected chi connectivity index (χ2v) is 6.25. The Morgan fingerprint density at radius 1 is 1.47 bits per heavy atom. The number of aryl methyl sites for hydroxylation is 1. The van der Waals surface area contributed by atoms with Gasteiger partial charge in [-0.3, -0.25) is 0 Å². The summed E-state index contributed by atoms with van der Waals surface area (Å²) in [7, 11) is 0. The van der Waals surface area contributed by atoms with Gasteiger partial charge in [0.05, 0.1) is 5.69 Å². The molecule has 0 amide bonds. The molecule has 0 saturated carbocycles.